The Kier molecular flexibility index (Phi) is 3.59. The van der Waals surface area contributed by atoms with Gasteiger partial charge in [0.15, 0.2) is 0 Å². The van der Waals surface area contributed by atoms with Crippen LogP contribution in [0, 0.1) is 15.9 Å². The molecule has 9 heteroatoms. The zero-order valence-electron chi connectivity index (χ0n) is 10.4. The minimum Gasteiger partial charge on any atom is -0.465 e. The van der Waals surface area contributed by atoms with Gasteiger partial charge in [-0.3, -0.25) is 10.1 Å². The highest BCUT2D eigenvalue weighted by Gasteiger charge is 2.31. The largest absolute Gasteiger partial charge is 0.465 e. The third-order valence-corrected chi connectivity index (χ3v) is 3.17. The number of halogens is 1. The molecule has 0 radical (unpaired) electrons. The predicted octanol–water partition coefficient (Wildman–Crippen LogP) is 1.16. The molecule has 0 spiro atoms. The summed E-state index contributed by atoms with van der Waals surface area (Å²) in [4.78, 5) is 22.5. The maximum absolute atomic E-state index is 13.5. The maximum Gasteiger partial charge on any atom is 0.404 e. The lowest BCUT2D eigenvalue weighted by molar-refractivity contribution is -0.384. The van der Waals surface area contributed by atoms with Crippen molar-refractivity contribution in [2.75, 3.05) is 23.7 Å². The minimum atomic E-state index is -1.17. The van der Waals surface area contributed by atoms with Gasteiger partial charge in [0.05, 0.1) is 16.7 Å². The number of nitrogens with two attached hydrogens (primary N) is 1. The molecular formula is C11H13FN4O4. The fraction of sp³-hybridized carbons (Fsp3) is 0.364. The predicted molar refractivity (Wildman–Crippen MR) is 69.2 cm³/mol. The molecule has 0 aromatic heterocycles. The van der Waals surface area contributed by atoms with Crippen molar-refractivity contribution in [1.82, 2.24) is 5.32 Å². The van der Waals surface area contributed by atoms with Crippen molar-refractivity contribution in [3.8, 4) is 0 Å². The Morgan fingerprint density at radius 2 is 2.30 bits per heavy atom. The van der Waals surface area contributed by atoms with E-state index in [0.717, 1.165) is 12.1 Å². The van der Waals surface area contributed by atoms with Gasteiger partial charge >= 0.3 is 6.09 Å². The van der Waals surface area contributed by atoms with Gasteiger partial charge in [-0.25, -0.2) is 9.18 Å². The summed E-state index contributed by atoms with van der Waals surface area (Å²) in [6.07, 6.45) is -0.696. The van der Waals surface area contributed by atoms with E-state index in [4.69, 9.17) is 10.8 Å². The Hall–Kier alpha value is -2.58. The quantitative estimate of drug-likeness (QED) is 0.435. The number of nitrogens with zero attached hydrogens (tertiary/aromatic N) is 2. The van der Waals surface area contributed by atoms with Crippen molar-refractivity contribution in [2.45, 2.75) is 12.5 Å². The molecule has 1 saturated heterocycles. The van der Waals surface area contributed by atoms with E-state index in [1.165, 1.54) is 4.90 Å². The van der Waals surface area contributed by atoms with Crippen LogP contribution in [0.5, 0.6) is 0 Å². The lowest BCUT2D eigenvalue weighted by Gasteiger charge is -2.20. The molecule has 1 amide bonds. The third kappa shape index (κ3) is 2.56. The summed E-state index contributed by atoms with van der Waals surface area (Å²) in [5.74, 6) is -0.736. The lowest BCUT2D eigenvalue weighted by atomic mass is 10.2. The van der Waals surface area contributed by atoms with E-state index < -0.39 is 16.8 Å². The van der Waals surface area contributed by atoms with E-state index in [9.17, 15) is 19.3 Å². The highest BCUT2D eigenvalue weighted by Crippen LogP contribution is 2.37. The van der Waals surface area contributed by atoms with E-state index in [0.29, 0.717) is 13.0 Å². The highest BCUT2D eigenvalue weighted by atomic mass is 19.1. The van der Waals surface area contributed by atoms with Crippen LogP contribution in [0.1, 0.15) is 6.42 Å². The Labute approximate surface area is 113 Å². The zero-order valence-corrected chi connectivity index (χ0v) is 10.4. The maximum atomic E-state index is 13.5. The van der Waals surface area contributed by atoms with Crippen LogP contribution in [0.4, 0.5) is 26.2 Å². The third-order valence-electron chi connectivity index (χ3n) is 3.17. The Balaban J connectivity index is 2.31. The molecule has 1 aliphatic rings. The molecule has 1 aromatic carbocycles. The number of carboxylic acid groups (broad SMARTS) is 1. The van der Waals surface area contributed by atoms with Crippen molar-refractivity contribution in [2.24, 2.45) is 0 Å². The topological polar surface area (TPSA) is 122 Å². The number of nitrogens with one attached hydrogen (secondary N) is 1. The van der Waals surface area contributed by atoms with Gasteiger partial charge in [-0.2, -0.15) is 0 Å². The van der Waals surface area contributed by atoms with Crippen molar-refractivity contribution >= 4 is 23.2 Å². The highest BCUT2D eigenvalue weighted by molar-refractivity contribution is 5.79. The molecule has 1 aromatic rings. The molecule has 0 aliphatic carbocycles. The second-order valence-electron chi connectivity index (χ2n) is 4.47. The number of nitro groups is 1. The molecule has 0 unspecified atom stereocenters. The van der Waals surface area contributed by atoms with Gasteiger partial charge in [0, 0.05) is 19.2 Å². The van der Waals surface area contributed by atoms with Crippen LogP contribution in [-0.2, 0) is 0 Å². The first kappa shape index (κ1) is 13.8. The number of anilines is 2. The SMILES string of the molecule is Nc1c(F)ccc([N+](=O)[O-])c1N1CC[C@@H](NC(=O)O)C1. The molecule has 1 fully saturated rings. The van der Waals surface area contributed by atoms with Crippen LogP contribution in [0.15, 0.2) is 12.1 Å². The molecule has 0 saturated carbocycles. The fourth-order valence-corrected chi connectivity index (χ4v) is 2.31. The summed E-state index contributed by atoms with van der Waals surface area (Å²) in [5, 5.41) is 21.9. The minimum absolute atomic E-state index is 0.00434. The van der Waals surface area contributed by atoms with Crippen molar-refractivity contribution < 1.29 is 19.2 Å². The average Bonchev–Trinajstić information content (AvgIpc) is 2.79. The van der Waals surface area contributed by atoms with Crippen molar-refractivity contribution in [1.29, 1.82) is 0 Å². The first-order chi connectivity index (χ1) is 9.40. The van der Waals surface area contributed by atoms with Gasteiger partial charge in [-0.1, -0.05) is 0 Å². The number of benzene rings is 1. The number of rotatable bonds is 3. The van der Waals surface area contributed by atoms with Gasteiger partial charge in [0.2, 0.25) is 0 Å². The van der Waals surface area contributed by atoms with Gasteiger partial charge in [0.25, 0.3) is 5.69 Å². The molecule has 1 atom stereocenters. The summed E-state index contributed by atoms with van der Waals surface area (Å²) in [7, 11) is 0. The number of amides is 1. The molecule has 0 bridgehead atoms. The van der Waals surface area contributed by atoms with Gasteiger partial charge in [0.1, 0.15) is 11.5 Å². The average molecular weight is 284 g/mol. The van der Waals surface area contributed by atoms with Crippen LogP contribution in [0.25, 0.3) is 0 Å². The summed E-state index contributed by atoms with van der Waals surface area (Å²) in [6, 6.07) is 1.63. The number of nitrogen functional groups attached to an aromatic ring is 1. The van der Waals surface area contributed by atoms with E-state index in [-0.39, 0.29) is 29.6 Å². The standard InChI is InChI=1S/C11H13FN4O4/c12-7-1-2-8(16(19)20)10(9(7)13)15-4-3-6(5-15)14-11(17)18/h1-2,6,14H,3-5,13H2,(H,17,18)/t6-/m1/s1. The Bertz CT molecular complexity index is 566. The fourth-order valence-electron chi connectivity index (χ4n) is 2.31. The number of nitro benzene ring substituents is 1. The van der Waals surface area contributed by atoms with Crippen LogP contribution in [0.2, 0.25) is 0 Å². The van der Waals surface area contributed by atoms with Crippen LogP contribution in [0.3, 0.4) is 0 Å². The van der Waals surface area contributed by atoms with Crippen LogP contribution < -0.4 is 16.0 Å². The lowest BCUT2D eigenvalue weighted by Crippen LogP contribution is -2.36. The van der Waals surface area contributed by atoms with E-state index in [2.05, 4.69) is 5.32 Å². The van der Waals surface area contributed by atoms with Gasteiger partial charge in [-0.05, 0) is 12.5 Å². The summed E-state index contributed by atoms with van der Waals surface area (Å²) < 4.78 is 13.5. The Morgan fingerprint density at radius 1 is 1.60 bits per heavy atom. The summed E-state index contributed by atoms with van der Waals surface area (Å²) >= 11 is 0. The molecular weight excluding hydrogens is 271 g/mol. The van der Waals surface area contributed by atoms with Gasteiger partial charge < -0.3 is 21.1 Å². The second-order valence-corrected chi connectivity index (χ2v) is 4.47. The summed E-state index contributed by atoms with van der Waals surface area (Å²) in [6.45, 7) is 0.570. The number of hydrogen-bond donors (Lipinski definition) is 3. The number of carbonyl (C=O) groups is 1. The monoisotopic (exact) mass is 284 g/mol. The first-order valence-corrected chi connectivity index (χ1v) is 5.87. The van der Waals surface area contributed by atoms with Crippen molar-refractivity contribution in [3.05, 3.63) is 28.1 Å². The van der Waals surface area contributed by atoms with E-state index >= 15 is 0 Å². The van der Waals surface area contributed by atoms with Crippen molar-refractivity contribution in [3.63, 3.8) is 0 Å². The molecule has 4 N–H and O–H groups in total. The molecule has 1 heterocycles. The van der Waals surface area contributed by atoms with E-state index in [1.54, 1.807) is 0 Å². The first-order valence-electron chi connectivity index (χ1n) is 5.87. The van der Waals surface area contributed by atoms with Crippen LogP contribution in [-0.4, -0.2) is 35.3 Å². The Morgan fingerprint density at radius 3 is 2.90 bits per heavy atom. The van der Waals surface area contributed by atoms with Gasteiger partial charge in [-0.15, -0.1) is 0 Å². The normalized spacial score (nSPS) is 18.1. The molecule has 8 nitrogen and oxygen atoms in total. The molecule has 108 valence electrons. The molecule has 2 rings (SSSR count). The number of hydrogen-bond acceptors (Lipinski definition) is 5. The smallest absolute Gasteiger partial charge is 0.404 e. The molecule has 1 aliphatic heterocycles. The zero-order chi connectivity index (χ0) is 14.9. The second kappa shape index (κ2) is 5.19. The van der Waals surface area contributed by atoms with E-state index in [1.807, 2.05) is 0 Å². The molecule has 20 heavy (non-hydrogen) atoms. The van der Waals surface area contributed by atoms with Crippen LogP contribution >= 0.6 is 0 Å². The summed E-state index contributed by atoms with van der Waals surface area (Å²) in [5.41, 5.74) is 5.01.